The van der Waals surface area contributed by atoms with Crippen molar-refractivity contribution in [2.75, 3.05) is 33.9 Å². The highest BCUT2D eigenvalue weighted by atomic mass is 79.9. The van der Waals surface area contributed by atoms with Gasteiger partial charge in [0.05, 0.1) is 29.7 Å². The number of aliphatic hydroxyl groups is 1. The lowest BCUT2D eigenvalue weighted by atomic mass is 9.55. The summed E-state index contributed by atoms with van der Waals surface area (Å²) in [6.45, 7) is 6.86. The Morgan fingerprint density at radius 1 is 1.32 bits per heavy atom. The summed E-state index contributed by atoms with van der Waals surface area (Å²) >= 11 is 3.81. The van der Waals surface area contributed by atoms with E-state index in [-0.39, 0.29) is 12.7 Å². The van der Waals surface area contributed by atoms with Crippen LogP contribution in [0.1, 0.15) is 45.6 Å². The van der Waals surface area contributed by atoms with Crippen LogP contribution in [0.4, 0.5) is 0 Å². The van der Waals surface area contributed by atoms with Crippen LogP contribution in [0.15, 0.2) is 18.2 Å². The van der Waals surface area contributed by atoms with Crippen LogP contribution in [-0.2, 0) is 9.53 Å². The van der Waals surface area contributed by atoms with Gasteiger partial charge in [0.2, 0.25) is 0 Å². The first-order valence-electron chi connectivity index (χ1n) is 10.8. The van der Waals surface area contributed by atoms with Crippen LogP contribution in [0, 0.1) is 17.3 Å². The van der Waals surface area contributed by atoms with E-state index in [1.807, 2.05) is 39.1 Å². The zero-order valence-electron chi connectivity index (χ0n) is 19.0. The molecular weight excluding hydrogens is 462 g/mol. The number of fused-ring (bicyclic) bond motifs is 2. The van der Waals surface area contributed by atoms with Gasteiger partial charge in [-0.15, -0.1) is 0 Å². The summed E-state index contributed by atoms with van der Waals surface area (Å²) in [7, 11) is 3.54. The van der Waals surface area contributed by atoms with Crippen molar-refractivity contribution in [3.05, 3.63) is 23.8 Å². The molecular formula is C24H32BrNO5. The molecule has 6 nitrogen and oxygen atoms in total. The predicted octanol–water partition coefficient (Wildman–Crippen LogP) is 3.38. The van der Waals surface area contributed by atoms with Gasteiger partial charge in [-0.2, -0.15) is 0 Å². The monoisotopic (exact) mass is 493 g/mol. The average molecular weight is 494 g/mol. The molecule has 3 rings (SSSR count). The van der Waals surface area contributed by atoms with Gasteiger partial charge in [-0.1, -0.05) is 40.3 Å². The van der Waals surface area contributed by atoms with Gasteiger partial charge in [-0.25, -0.2) is 0 Å². The number of likely N-dealkylation sites (tertiary alicyclic amines) is 1. The molecule has 170 valence electrons. The van der Waals surface area contributed by atoms with Gasteiger partial charge in [-0.05, 0) is 52.8 Å². The normalized spacial score (nSPS) is 30.3. The molecule has 2 bridgehead atoms. The first-order chi connectivity index (χ1) is 14.6. The zero-order valence-corrected chi connectivity index (χ0v) is 20.5. The molecule has 1 aliphatic carbocycles. The number of methoxy groups -OCH3 is 1. The Kier molecular flexibility index (Phi) is 6.95. The van der Waals surface area contributed by atoms with E-state index in [0.29, 0.717) is 43.0 Å². The van der Waals surface area contributed by atoms with E-state index in [4.69, 9.17) is 14.2 Å². The van der Waals surface area contributed by atoms with Crippen molar-refractivity contribution in [2.45, 2.75) is 56.1 Å². The van der Waals surface area contributed by atoms with Crippen molar-refractivity contribution >= 4 is 21.9 Å². The largest absolute Gasteiger partial charge is 0.493 e. The number of hydrogen-bond acceptors (Lipinski definition) is 6. The minimum atomic E-state index is -1.60. The highest BCUT2D eigenvalue weighted by Gasteiger charge is 2.70. The predicted molar refractivity (Wildman–Crippen MR) is 123 cm³/mol. The number of piperidine rings is 1. The van der Waals surface area contributed by atoms with E-state index in [1.165, 1.54) is 0 Å². The molecule has 2 aliphatic rings. The maximum atomic E-state index is 13.2. The highest BCUT2D eigenvalue weighted by molar-refractivity contribution is 9.10. The van der Waals surface area contributed by atoms with Gasteiger partial charge in [0.1, 0.15) is 5.41 Å². The Labute approximate surface area is 193 Å². The zero-order chi connectivity index (χ0) is 22.9. The standard InChI is InChI=1S/C24H32BrNO5/c1-6-30-21(27)22-12-8-13-23(25,16-26(4)15-22)24(22,28)14-11-18-9-7-10-19(29-5)20(18)31-17(2)3/h7,9-10,17,28H,6,8,12-13,15-16H2,1-5H3/t22-,23-,24?/m1/s1. The van der Waals surface area contributed by atoms with E-state index in [9.17, 15) is 9.90 Å². The molecule has 1 aromatic carbocycles. The summed E-state index contributed by atoms with van der Waals surface area (Å²) in [5.41, 5.74) is -2.13. The number of ether oxygens (including phenoxy) is 3. The number of alkyl halides is 1. The van der Waals surface area contributed by atoms with Crippen LogP contribution >= 0.6 is 15.9 Å². The third kappa shape index (κ3) is 4.06. The van der Waals surface area contributed by atoms with Crippen LogP contribution in [0.5, 0.6) is 11.5 Å². The molecule has 1 saturated heterocycles. The molecule has 3 atom stereocenters. The molecule has 1 N–H and O–H groups in total. The average Bonchev–Trinajstić information content (AvgIpc) is 2.69. The second-order valence-electron chi connectivity index (χ2n) is 8.76. The molecule has 1 heterocycles. The Morgan fingerprint density at radius 3 is 2.71 bits per heavy atom. The number of hydrogen-bond donors (Lipinski definition) is 1. The maximum Gasteiger partial charge on any atom is 0.317 e. The summed E-state index contributed by atoms with van der Waals surface area (Å²) < 4.78 is 16.1. The van der Waals surface area contributed by atoms with Crippen LogP contribution < -0.4 is 9.47 Å². The minimum absolute atomic E-state index is 0.0731. The van der Waals surface area contributed by atoms with Crippen molar-refractivity contribution in [1.82, 2.24) is 4.90 Å². The van der Waals surface area contributed by atoms with Gasteiger partial charge in [0.25, 0.3) is 0 Å². The van der Waals surface area contributed by atoms with Crippen LogP contribution in [-0.4, -0.2) is 65.9 Å². The number of esters is 1. The van der Waals surface area contributed by atoms with E-state index >= 15 is 0 Å². The Balaban J connectivity index is 2.15. The number of rotatable bonds is 5. The van der Waals surface area contributed by atoms with Gasteiger partial charge in [-0.3, -0.25) is 4.79 Å². The number of benzene rings is 1. The quantitative estimate of drug-likeness (QED) is 0.385. The molecule has 1 aromatic rings. The Bertz CT molecular complexity index is 894. The second-order valence-corrected chi connectivity index (χ2v) is 10.3. The van der Waals surface area contributed by atoms with Gasteiger partial charge in [0, 0.05) is 13.1 Å². The van der Waals surface area contributed by atoms with E-state index in [0.717, 1.165) is 6.42 Å². The molecule has 31 heavy (non-hydrogen) atoms. The number of halogens is 1. The number of para-hydroxylation sites is 1. The summed E-state index contributed by atoms with van der Waals surface area (Å²) in [6.07, 6.45) is 1.96. The molecule has 1 saturated carbocycles. The molecule has 0 aromatic heterocycles. The summed E-state index contributed by atoms with van der Waals surface area (Å²) in [5, 5.41) is 12.1. The fourth-order valence-corrected chi connectivity index (χ4v) is 6.08. The van der Waals surface area contributed by atoms with E-state index in [2.05, 4.69) is 32.7 Å². The number of nitrogens with zero attached hydrogens (tertiary/aromatic N) is 1. The van der Waals surface area contributed by atoms with Crippen molar-refractivity contribution in [3.8, 4) is 23.3 Å². The smallest absolute Gasteiger partial charge is 0.317 e. The van der Waals surface area contributed by atoms with Gasteiger partial charge >= 0.3 is 5.97 Å². The van der Waals surface area contributed by atoms with Crippen LogP contribution in [0.2, 0.25) is 0 Å². The molecule has 1 unspecified atom stereocenters. The third-order valence-corrected chi connectivity index (χ3v) is 7.40. The Hall–Kier alpha value is -1.75. The van der Waals surface area contributed by atoms with Gasteiger partial charge in [0.15, 0.2) is 17.1 Å². The second kappa shape index (κ2) is 9.01. The lowest BCUT2D eigenvalue weighted by Gasteiger charge is -2.60. The third-order valence-electron chi connectivity index (χ3n) is 6.17. The summed E-state index contributed by atoms with van der Waals surface area (Å²) in [5.74, 6) is 6.96. The first kappa shape index (κ1) is 23.9. The SMILES string of the molecule is CCOC(=O)[C@@]12CCC[C@@](Br)(CN(C)C1)C2(O)C#Cc1cccc(OC)c1OC(C)C. The lowest BCUT2D eigenvalue weighted by molar-refractivity contribution is -0.191. The first-order valence-corrected chi connectivity index (χ1v) is 11.6. The molecule has 0 spiro atoms. The molecule has 1 aliphatic heterocycles. The Morgan fingerprint density at radius 2 is 2.06 bits per heavy atom. The lowest BCUT2D eigenvalue weighted by Crippen LogP contribution is -2.75. The number of carbonyl (C=O) groups is 1. The van der Waals surface area contributed by atoms with Crippen molar-refractivity contribution in [2.24, 2.45) is 5.41 Å². The van der Waals surface area contributed by atoms with Crippen molar-refractivity contribution in [1.29, 1.82) is 0 Å². The van der Waals surface area contributed by atoms with E-state index < -0.39 is 21.3 Å². The topological polar surface area (TPSA) is 68.2 Å². The van der Waals surface area contributed by atoms with Crippen molar-refractivity contribution in [3.63, 3.8) is 0 Å². The minimum Gasteiger partial charge on any atom is -0.493 e. The molecule has 0 amide bonds. The summed E-state index contributed by atoms with van der Waals surface area (Å²) in [4.78, 5) is 15.3. The number of carbonyl (C=O) groups excluding carboxylic acids is 1. The van der Waals surface area contributed by atoms with E-state index in [1.54, 1.807) is 14.0 Å². The van der Waals surface area contributed by atoms with Crippen LogP contribution in [0.25, 0.3) is 0 Å². The molecule has 0 radical (unpaired) electrons. The fraction of sp³-hybridized carbons (Fsp3) is 0.625. The van der Waals surface area contributed by atoms with Crippen LogP contribution in [0.3, 0.4) is 0 Å². The molecule has 7 heteroatoms. The van der Waals surface area contributed by atoms with Crippen molar-refractivity contribution < 1.29 is 24.1 Å². The van der Waals surface area contributed by atoms with Gasteiger partial charge < -0.3 is 24.2 Å². The highest BCUT2D eigenvalue weighted by Crippen LogP contribution is 2.57. The fourth-order valence-electron chi connectivity index (χ4n) is 4.90. The maximum absolute atomic E-state index is 13.2. The molecule has 2 fully saturated rings. The summed E-state index contributed by atoms with van der Waals surface area (Å²) in [6, 6.07) is 5.48.